The molecule has 2 amide bonds. The van der Waals surface area contributed by atoms with E-state index in [-0.39, 0.29) is 6.03 Å². The SMILES string of the molecule is CCC.CCCCNC(=O)NC. The van der Waals surface area contributed by atoms with Crippen molar-refractivity contribution >= 4 is 6.03 Å². The van der Waals surface area contributed by atoms with Crippen LogP contribution in [-0.4, -0.2) is 19.6 Å². The summed E-state index contributed by atoms with van der Waals surface area (Å²) in [5, 5.41) is 5.16. The second-order valence-electron chi connectivity index (χ2n) is 2.57. The lowest BCUT2D eigenvalue weighted by molar-refractivity contribution is 0.243. The third kappa shape index (κ3) is 16.1. The zero-order valence-corrected chi connectivity index (χ0v) is 8.74. The Morgan fingerprint density at radius 1 is 1.25 bits per heavy atom. The molecular weight excluding hydrogens is 152 g/mol. The molecule has 0 saturated heterocycles. The predicted octanol–water partition coefficient (Wildman–Crippen LogP) is 2.13. The molecule has 3 heteroatoms. The topological polar surface area (TPSA) is 41.1 Å². The third-order valence-corrected chi connectivity index (χ3v) is 1.04. The summed E-state index contributed by atoms with van der Waals surface area (Å²) in [7, 11) is 1.61. The highest BCUT2D eigenvalue weighted by molar-refractivity contribution is 5.73. The molecule has 0 aliphatic heterocycles. The number of hydrogen-bond donors (Lipinski definition) is 2. The first kappa shape index (κ1) is 13.8. The van der Waals surface area contributed by atoms with Gasteiger partial charge in [-0.15, -0.1) is 0 Å². The molecule has 0 unspecified atom stereocenters. The highest BCUT2D eigenvalue weighted by atomic mass is 16.2. The van der Waals surface area contributed by atoms with E-state index in [9.17, 15) is 4.79 Å². The van der Waals surface area contributed by atoms with Crippen molar-refractivity contribution in [3.63, 3.8) is 0 Å². The maximum Gasteiger partial charge on any atom is 0.314 e. The van der Waals surface area contributed by atoms with Gasteiger partial charge in [0.25, 0.3) is 0 Å². The van der Waals surface area contributed by atoms with Crippen LogP contribution in [0.3, 0.4) is 0 Å². The molecule has 0 heterocycles. The Labute approximate surface area is 75.9 Å². The fourth-order valence-corrected chi connectivity index (χ4v) is 0.467. The molecule has 0 aliphatic carbocycles. The van der Waals surface area contributed by atoms with Gasteiger partial charge >= 0.3 is 6.03 Å². The van der Waals surface area contributed by atoms with E-state index in [1.54, 1.807) is 7.05 Å². The van der Waals surface area contributed by atoms with Gasteiger partial charge in [-0.2, -0.15) is 0 Å². The molecule has 0 bridgehead atoms. The minimum absolute atomic E-state index is 0.0940. The summed E-state index contributed by atoms with van der Waals surface area (Å²) in [5.74, 6) is 0. The van der Waals surface area contributed by atoms with E-state index in [2.05, 4.69) is 31.4 Å². The number of carbonyl (C=O) groups is 1. The maximum absolute atomic E-state index is 10.5. The molecule has 0 spiro atoms. The van der Waals surface area contributed by atoms with Crippen LogP contribution in [0.5, 0.6) is 0 Å². The summed E-state index contributed by atoms with van der Waals surface area (Å²) in [4.78, 5) is 10.5. The van der Waals surface area contributed by atoms with E-state index in [1.165, 1.54) is 6.42 Å². The second kappa shape index (κ2) is 12.9. The molecule has 12 heavy (non-hydrogen) atoms. The molecule has 0 radical (unpaired) electrons. The van der Waals surface area contributed by atoms with Gasteiger partial charge in [0.15, 0.2) is 0 Å². The number of urea groups is 1. The molecule has 74 valence electrons. The summed E-state index contributed by atoms with van der Waals surface area (Å²) in [6.45, 7) is 7.11. The number of unbranched alkanes of at least 4 members (excludes halogenated alkanes) is 1. The zero-order chi connectivity index (χ0) is 9.82. The Hall–Kier alpha value is -0.730. The standard InChI is InChI=1S/C6H14N2O.C3H8/c1-3-4-5-8-6(9)7-2;1-3-2/h3-5H2,1-2H3,(H2,7,8,9);3H2,1-2H3. The average molecular weight is 174 g/mol. The quantitative estimate of drug-likeness (QED) is 0.632. The normalized spacial score (nSPS) is 8.00. The van der Waals surface area contributed by atoms with Crippen molar-refractivity contribution in [1.29, 1.82) is 0 Å². The molecule has 0 aromatic heterocycles. The Kier molecular flexibility index (Phi) is 14.9. The first-order valence-corrected chi connectivity index (χ1v) is 4.68. The van der Waals surface area contributed by atoms with Crippen molar-refractivity contribution in [2.45, 2.75) is 40.0 Å². The van der Waals surface area contributed by atoms with Crippen LogP contribution in [0.15, 0.2) is 0 Å². The smallest absolute Gasteiger partial charge is 0.314 e. The van der Waals surface area contributed by atoms with Crippen LogP contribution in [0, 0.1) is 0 Å². The minimum Gasteiger partial charge on any atom is -0.341 e. The molecule has 3 nitrogen and oxygen atoms in total. The van der Waals surface area contributed by atoms with E-state index in [0.29, 0.717) is 0 Å². The number of nitrogens with one attached hydrogen (secondary N) is 2. The van der Waals surface area contributed by atoms with Crippen molar-refractivity contribution in [3.8, 4) is 0 Å². The van der Waals surface area contributed by atoms with Gasteiger partial charge in [0.1, 0.15) is 0 Å². The summed E-state index contributed by atoms with van der Waals surface area (Å²) < 4.78 is 0. The van der Waals surface area contributed by atoms with Gasteiger partial charge in [-0.3, -0.25) is 0 Å². The number of hydrogen-bond acceptors (Lipinski definition) is 1. The number of amides is 2. The summed E-state index contributed by atoms with van der Waals surface area (Å²) in [6, 6.07) is -0.0940. The van der Waals surface area contributed by atoms with Crippen LogP contribution in [0.2, 0.25) is 0 Å². The highest BCUT2D eigenvalue weighted by Crippen LogP contribution is 1.81. The van der Waals surface area contributed by atoms with Crippen LogP contribution in [0.4, 0.5) is 4.79 Å². The Bertz CT molecular complexity index is 94.5. The van der Waals surface area contributed by atoms with Crippen LogP contribution < -0.4 is 10.6 Å². The van der Waals surface area contributed by atoms with Crippen molar-refractivity contribution in [2.75, 3.05) is 13.6 Å². The van der Waals surface area contributed by atoms with Crippen LogP contribution in [-0.2, 0) is 0 Å². The monoisotopic (exact) mass is 174 g/mol. The molecule has 0 fully saturated rings. The van der Waals surface area contributed by atoms with Crippen LogP contribution in [0.1, 0.15) is 40.0 Å². The van der Waals surface area contributed by atoms with E-state index >= 15 is 0 Å². The lowest BCUT2D eigenvalue weighted by Gasteiger charge is -2.00. The van der Waals surface area contributed by atoms with Gasteiger partial charge in [-0.1, -0.05) is 33.6 Å². The molecule has 0 rings (SSSR count). The number of carbonyl (C=O) groups excluding carboxylic acids is 1. The first-order chi connectivity index (χ1) is 5.72. The lowest BCUT2D eigenvalue weighted by Crippen LogP contribution is -2.33. The molecule has 0 saturated carbocycles. The van der Waals surface area contributed by atoms with Gasteiger partial charge in [0.2, 0.25) is 0 Å². The van der Waals surface area contributed by atoms with Crippen LogP contribution >= 0.6 is 0 Å². The van der Waals surface area contributed by atoms with Gasteiger partial charge in [0.05, 0.1) is 0 Å². The van der Waals surface area contributed by atoms with Gasteiger partial charge < -0.3 is 10.6 Å². The van der Waals surface area contributed by atoms with Crippen molar-refractivity contribution in [2.24, 2.45) is 0 Å². The summed E-state index contributed by atoms with van der Waals surface area (Å²) in [5.41, 5.74) is 0. The maximum atomic E-state index is 10.5. The molecule has 0 aromatic rings. The Morgan fingerprint density at radius 3 is 2.08 bits per heavy atom. The van der Waals surface area contributed by atoms with Crippen LogP contribution in [0.25, 0.3) is 0 Å². The second-order valence-corrected chi connectivity index (χ2v) is 2.57. The van der Waals surface area contributed by atoms with E-state index < -0.39 is 0 Å². The molecule has 2 N–H and O–H groups in total. The highest BCUT2D eigenvalue weighted by Gasteiger charge is 1.90. The fourth-order valence-electron chi connectivity index (χ4n) is 0.467. The lowest BCUT2D eigenvalue weighted by atomic mass is 10.3. The van der Waals surface area contributed by atoms with E-state index in [4.69, 9.17) is 0 Å². The minimum atomic E-state index is -0.0940. The van der Waals surface area contributed by atoms with E-state index in [0.717, 1.165) is 19.4 Å². The van der Waals surface area contributed by atoms with Gasteiger partial charge in [-0.05, 0) is 6.42 Å². The number of rotatable bonds is 3. The largest absolute Gasteiger partial charge is 0.341 e. The molecule has 0 aliphatic rings. The summed E-state index contributed by atoms with van der Waals surface area (Å²) >= 11 is 0. The predicted molar refractivity (Wildman–Crippen MR) is 53.3 cm³/mol. The van der Waals surface area contributed by atoms with Crippen molar-refractivity contribution in [1.82, 2.24) is 10.6 Å². The fraction of sp³-hybridized carbons (Fsp3) is 0.889. The third-order valence-electron chi connectivity index (χ3n) is 1.04. The first-order valence-electron chi connectivity index (χ1n) is 4.68. The van der Waals surface area contributed by atoms with Gasteiger partial charge in [-0.25, -0.2) is 4.79 Å². The molecule has 0 atom stereocenters. The van der Waals surface area contributed by atoms with Crippen molar-refractivity contribution < 1.29 is 4.79 Å². The zero-order valence-electron chi connectivity index (χ0n) is 8.74. The molecule has 0 aromatic carbocycles. The summed E-state index contributed by atoms with van der Waals surface area (Å²) in [6.07, 6.45) is 3.41. The molecular formula is C9H22N2O. The van der Waals surface area contributed by atoms with Gasteiger partial charge in [0, 0.05) is 13.6 Å². The Morgan fingerprint density at radius 2 is 1.75 bits per heavy atom. The van der Waals surface area contributed by atoms with E-state index in [1.807, 2.05) is 0 Å². The average Bonchev–Trinajstić information content (AvgIpc) is 2.06. The van der Waals surface area contributed by atoms with Crippen molar-refractivity contribution in [3.05, 3.63) is 0 Å². The Balaban J connectivity index is 0.